The summed E-state index contributed by atoms with van der Waals surface area (Å²) in [7, 11) is 3.71. The van der Waals surface area contributed by atoms with Gasteiger partial charge in [0.25, 0.3) is 0 Å². The summed E-state index contributed by atoms with van der Waals surface area (Å²) in [5.74, 6) is 3.00. The molecule has 1 N–H and O–H groups in total. The van der Waals surface area contributed by atoms with E-state index in [1.54, 1.807) is 9.13 Å². The topological polar surface area (TPSA) is 39.0 Å². The number of benzene rings is 1. The number of hydrogen-bond donors (Lipinski definition) is 1. The van der Waals surface area contributed by atoms with Crippen LogP contribution >= 0.6 is 0 Å². The summed E-state index contributed by atoms with van der Waals surface area (Å²) in [4.78, 5) is 12.1. The monoisotopic (exact) mass is 353 g/mol. The van der Waals surface area contributed by atoms with E-state index in [1.807, 2.05) is 14.1 Å². The molecule has 1 heterocycles. The molecule has 0 saturated heterocycles. The number of nitrogens with one attached hydrogen (secondary N) is 1. The molecule has 6 rings (SSSR count). The maximum Gasteiger partial charge on any atom is 0.328 e. The van der Waals surface area contributed by atoms with E-state index in [0.717, 1.165) is 35.3 Å². The van der Waals surface area contributed by atoms with Crippen molar-refractivity contribution in [3.8, 4) is 0 Å². The highest BCUT2D eigenvalue weighted by Crippen LogP contribution is 2.61. The quantitative estimate of drug-likeness (QED) is 0.913. The van der Waals surface area contributed by atoms with Crippen molar-refractivity contribution in [2.45, 2.75) is 58.0 Å². The molecule has 26 heavy (non-hydrogen) atoms. The summed E-state index contributed by atoms with van der Waals surface area (Å²) in [5, 5.41) is 3.87. The molecule has 0 spiro atoms. The third-order valence-electron chi connectivity index (χ3n) is 7.95. The summed E-state index contributed by atoms with van der Waals surface area (Å²) in [6, 6.07) is 7.01. The minimum Gasteiger partial charge on any atom is -0.310 e. The molecular formula is C22H31N3O. The Kier molecular flexibility index (Phi) is 3.66. The maximum absolute atomic E-state index is 12.1. The van der Waals surface area contributed by atoms with Gasteiger partial charge in [-0.05, 0) is 86.3 Å². The lowest BCUT2D eigenvalue weighted by molar-refractivity contribution is -0.0706. The van der Waals surface area contributed by atoms with Crippen molar-refractivity contribution in [1.29, 1.82) is 0 Å². The highest BCUT2D eigenvalue weighted by atomic mass is 16.1. The van der Waals surface area contributed by atoms with Crippen LogP contribution in [0.1, 0.15) is 51.0 Å². The lowest BCUT2D eigenvalue weighted by Crippen LogP contribution is -2.54. The zero-order valence-electron chi connectivity index (χ0n) is 16.3. The standard InChI is InChI=1S/C22H31N3O/c1-14(22-10-16-6-17(11-22)8-18(7-16)12-22)23-13-15-4-5-19-20(9-15)25(3)21(26)24(19)2/h4-5,9,14,16-18,23H,6-8,10-13H2,1-3H3/t14-,16?,17?,18?,22?/m0/s1. The lowest BCUT2D eigenvalue weighted by Gasteiger charge is -2.59. The Hall–Kier alpha value is -1.55. The van der Waals surface area contributed by atoms with Crippen LogP contribution in [0.2, 0.25) is 0 Å². The molecule has 0 aliphatic heterocycles. The first-order chi connectivity index (χ1) is 12.4. The third-order valence-corrected chi connectivity index (χ3v) is 7.95. The fourth-order valence-electron chi connectivity index (χ4n) is 6.86. The van der Waals surface area contributed by atoms with E-state index < -0.39 is 0 Å². The fourth-order valence-corrected chi connectivity index (χ4v) is 6.86. The van der Waals surface area contributed by atoms with E-state index in [2.05, 4.69) is 30.4 Å². The normalized spacial score (nSPS) is 33.9. The number of nitrogens with zero attached hydrogens (tertiary/aromatic N) is 2. The van der Waals surface area contributed by atoms with Gasteiger partial charge in [0.1, 0.15) is 0 Å². The molecule has 4 aliphatic carbocycles. The van der Waals surface area contributed by atoms with Gasteiger partial charge in [0, 0.05) is 26.7 Å². The van der Waals surface area contributed by atoms with Crippen molar-refractivity contribution in [3.63, 3.8) is 0 Å². The van der Waals surface area contributed by atoms with Gasteiger partial charge in [-0.2, -0.15) is 0 Å². The predicted molar refractivity (Wildman–Crippen MR) is 105 cm³/mol. The van der Waals surface area contributed by atoms with E-state index in [1.165, 1.54) is 44.1 Å². The van der Waals surface area contributed by atoms with Gasteiger partial charge in [-0.1, -0.05) is 6.07 Å². The molecule has 0 amide bonds. The van der Waals surface area contributed by atoms with Crippen LogP contribution in [-0.2, 0) is 20.6 Å². The van der Waals surface area contributed by atoms with Crippen LogP contribution in [0.15, 0.2) is 23.0 Å². The van der Waals surface area contributed by atoms with Gasteiger partial charge in [0.05, 0.1) is 11.0 Å². The number of rotatable bonds is 4. The molecule has 140 valence electrons. The average molecular weight is 354 g/mol. The second-order valence-corrected chi connectivity index (χ2v) is 9.61. The summed E-state index contributed by atoms with van der Waals surface area (Å²) in [6.45, 7) is 3.31. The SMILES string of the molecule is C[C@H](NCc1ccc2c(c1)n(C)c(=O)n2C)C12CC3CC(CC(C3)C1)C2. The average Bonchev–Trinajstić information content (AvgIpc) is 2.82. The molecule has 1 aromatic carbocycles. The van der Waals surface area contributed by atoms with E-state index >= 15 is 0 Å². The molecule has 4 bridgehead atoms. The molecular weight excluding hydrogens is 322 g/mol. The van der Waals surface area contributed by atoms with Crippen molar-refractivity contribution in [2.75, 3.05) is 0 Å². The summed E-state index contributed by atoms with van der Waals surface area (Å²) < 4.78 is 3.48. The van der Waals surface area contributed by atoms with Crippen molar-refractivity contribution in [2.24, 2.45) is 37.3 Å². The Bertz CT molecular complexity index is 871. The first kappa shape index (κ1) is 16.6. The van der Waals surface area contributed by atoms with E-state index in [-0.39, 0.29) is 5.69 Å². The molecule has 4 nitrogen and oxygen atoms in total. The Morgan fingerprint density at radius 1 is 1.04 bits per heavy atom. The zero-order valence-corrected chi connectivity index (χ0v) is 16.3. The molecule has 0 radical (unpaired) electrons. The van der Waals surface area contributed by atoms with Crippen LogP contribution in [0.5, 0.6) is 0 Å². The Labute approximate surface area is 155 Å². The van der Waals surface area contributed by atoms with Gasteiger partial charge in [-0.3, -0.25) is 9.13 Å². The summed E-state index contributed by atoms with van der Waals surface area (Å²) in [5.41, 5.74) is 3.90. The van der Waals surface area contributed by atoms with E-state index in [9.17, 15) is 4.79 Å². The number of imidazole rings is 1. The van der Waals surface area contributed by atoms with Crippen LogP contribution in [-0.4, -0.2) is 15.2 Å². The second-order valence-electron chi connectivity index (χ2n) is 9.61. The fraction of sp³-hybridized carbons (Fsp3) is 0.682. The van der Waals surface area contributed by atoms with Gasteiger partial charge in [-0.25, -0.2) is 4.79 Å². The molecule has 1 aromatic heterocycles. The van der Waals surface area contributed by atoms with Crippen molar-refractivity contribution < 1.29 is 0 Å². The van der Waals surface area contributed by atoms with Crippen LogP contribution < -0.4 is 11.0 Å². The lowest BCUT2D eigenvalue weighted by atomic mass is 9.48. The van der Waals surface area contributed by atoms with Crippen molar-refractivity contribution in [3.05, 3.63) is 34.2 Å². The van der Waals surface area contributed by atoms with Gasteiger partial charge in [-0.15, -0.1) is 0 Å². The summed E-state index contributed by atoms with van der Waals surface area (Å²) >= 11 is 0. The Balaban J connectivity index is 1.34. The van der Waals surface area contributed by atoms with Gasteiger partial charge in [0.2, 0.25) is 0 Å². The van der Waals surface area contributed by atoms with E-state index in [4.69, 9.17) is 0 Å². The molecule has 0 unspecified atom stereocenters. The molecule has 4 aliphatic rings. The highest BCUT2D eigenvalue weighted by Gasteiger charge is 2.52. The van der Waals surface area contributed by atoms with Crippen LogP contribution in [0.4, 0.5) is 0 Å². The van der Waals surface area contributed by atoms with Crippen LogP contribution in [0.3, 0.4) is 0 Å². The molecule has 4 fully saturated rings. The first-order valence-electron chi connectivity index (χ1n) is 10.3. The number of hydrogen-bond acceptors (Lipinski definition) is 2. The van der Waals surface area contributed by atoms with Crippen LogP contribution in [0.25, 0.3) is 11.0 Å². The van der Waals surface area contributed by atoms with Crippen molar-refractivity contribution >= 4 is 11.0 Å². The second kappa shape index (κ2) is 5.72. The van der Waals surface area contributed by atoms with Crippen molar-refractivity contribution in [1.82, 2.24) is 14.5 Å². The first-order valence-corrected chi connectivity index (χ1v) is 10.3. The Morgan fingerprint density at radius 2 is 1.62 bits per heavy atom. The van der Waals surface area contributed by atoms with Gasteiger partial charge in [0.15, 0.2) is 0 Å². The number of fused-ring (bicyclic) bond motifs is 1. The van der Waals surface area contributed by atoms with Gasteiger partial charge >= 0.3 is 5.69 Å². The molecule has 4 saturated carbocycles. The van der Waals surface area contributed by atoms with E-state index in [0.29, 0.717) is 11.5 Å². The zero-order chi connectivity index (χ0) is 18.1. The number of aromatic nitrogens is 2. The molecule has 2 aromatic rings. The maximum atomic E-state index is 12.1. The largest absolute Gasteiger partial charge is 0.328 e. The smallest absolute Gasteiger partial charge is 0.310 e. The third kappa shape index (κ3) is 2.41. The highest BCUT2D eigenvalue weighted by molar-refractivity contribution is 5.76. The predicted octanol–water partition coefficient (Wildman–Crippen LogP) is 3.57. The minimum atomic E-state index is 0.0482. The van der Waals surface area contributed by atoms with Gasteiger partial charge < -0.3 is 5.32 Å². The molecule has 4 heteroatoms. The van der Waals surface area contributed by atoms with Crippen LogP contribution in [0, 0.1) is 23.2 Å². The number of aryl methyl sites for hydroxylation is 2. The molecule has 1 atom stereocenters. The minimum absolute atomic E-state index is 0.0482. The Morgan fingerprint density at radius 3 is 2.23 bits per heavy atom. The summed E-state index contributed by atoms with van der Waals surface area (Å²) in [6.07, 6.45) is 8.85.